The molecule has 7 heteroatoms. The molecule has 0 amide bonds. The van der Waals surface area contributed by atoms with Crippen LogP contribution in [0.1, 0.15) is 36.0 Å². The lowest BCUT2D eigenvalue weighted by Gasteiger charge is -2.21. The van der Waals surface area contributed by atoms with Gasteiger partial charge in [0.1, 0.15) is 0 Å². The molecule has 1 aromatic heterocycles. The number of hydrogen-bond acceptors (Lipinski definition) is 4. The van der Waals surface area contributed by atoms with Crippen LogP contribution in [0.4, 0.5) is 0 Å². The molecule has 0 bridgehead atoms. The standard InChI is InChI=1S/C13H16N2O4S/c16-13(17)10-3-6-12(14-7-10)20(18,19)15(11-4-5-11)8-9-1-2-9/h3,6-7,9,11H,1-2,4-5,8H2,(H,16,17). The minimum Gasteiger partial charge on any atom is -0.478 e. The molecule has 1 heterocycles. The molecule has 20 heavy (non-hydrogen) atoms. The fourth-order valence-electron chi connectivity index (χ4n) is 2.14. The van der Waals surface area contributed by atoms with Crippen LogP contribution in [0.5, 0.6) is 0 Å². The fraction of sp³-hybridized carbons (Fsp3) is 0.538. The van der Waals surface area contributed by atoms with Gasteiger partial charge in [0, 0.05) is 18.8 Å². The lowest BCUT2D eigenvalue weighted by molar-refractivity contribution is 0.0696. The van der Waals surface area contributed by atoms with Gasteiger partial charge >= 0.3 is 5.97 Å². The van der Waals surface area contributed by atoms with Gasteiger partial charge < -0.3 is 5.11 Å². The van der Waals surface area contributed by atoms with Crippen molar-refractivity contribution >= 4 is 16.0 Å². The Morgan fingerprint density at radius 3 is 2.45 bits per heavy atom. The SMILES string of the molecule is O=C(O)c1ccc(S(=O)(=O)N(CC2CC2)C2CC2)nc1. The van der Waals surface area contributed by atoms with Crippen molar-refractivity contribution in [1.29, 1.82) is 0 Å². The molecule has 1 aromatic rings. The first-order valence-electron chi connectivity index (χ1n) is 6.69. The predicted octanol–water partition coefficient (Wildman–Crippen LogP) is 1.34. The first-order chi connectivity index (χ1) is 9.48. The number of hydrogen-bond donors (Lipinski definition) is 1. The predicted molar refractivity (Wildman–Crippen MR) is 70.8 cm³/mol. The van der Waals surface area contributed by atoms with Crippen LogP contribution in [-0.2, 0) is 10.0 Å². The molecule has 2 aliphatic carbocycles. The number of aromatic nitrogens is 1. The third kappa shape index (κ3) is 2.69. The molecule has 0 saturated heterocycles. The number of nitrogens with zero attached hydrogens (tertiary/aromatic N) is 2. The van der Waals surface area contributed by atoms with E-state index in [9.17, 15) is 13.2 Å². The normalized spacial score (nSPS) is 19.2. The molecule has 6 nitrogen and oxygen atoms in total. The summed E-state index contributed by atoms with van der Waals surface area (Å²) >= 11 is 0. The third-order valence-corrected chi connectivity index (χ3v) is 5.48. The minimum atomic E-state index is -3.61. The largest absolute Gasteiger partial charge is 0.478 e. The van der Waals surface area contributed by atoms with Gasteiger partial charge in [-0.05, 0) is 43.7 Å². The van der Waals surface area contributed by atoms with Crippen LogP contribution in [0, 0.1) is 5.92 Å². The molecule has 0 spiro atoms. The molecule has 2 fully saturated rings. The van der Waals surface area contributed by atoms with Crippen molar-refractivity contribution in [3.05, 3.63) is 23.9 Å². The highest BCUT2D eigenvalue weighted by Crippen LogP contribution is 2.37. The van der Waals surface area contributed by atoms with Gasteiger partial charge in [-0.3, -0.25) is 0 Å². The van der Waals surface area contributed by atoms with E-state index in [1.54, 1.807) is 4.31 Å². The summed E-state index contributed by atoms with van der Waals surface area (Å²) in [5.41, 5.74) is -0.0101. The van der Waals surface area contributed by atoms with Gasteiger partial charge in [0.2, 0.25) is 0 Å². The molecular formula is C13H16N2O4S. The molecule has 2 saturated carbocycles. The summed E-state index contributed by atoms with van der Waals surface area (Å²) in [5.74, 6) is -0.637. The van der Waals surface area contributed by atoms with Gasteiger partial charge in [-0.25, -0.2) is 18.2 Å². The number of aromatic carboxylic acids is 1. The van der Waals surface area contributed by atoms with Crippen molar-refractivity contribution in [3.8, 4) is 0 Å². The van der Waals surface area contributed by atoms with Gasteiger partial charge in [-0.1, -0.05) is 0 Å². The van der Waals surface area contributed by atoms with Crippen molar-refractivity contribution in [3.63, 3.8) is 0 Å². The lowest BCUT2D eigenvalue weighted by atomic mass is 10.3. The topological polar surface area (TPSA) is 87.6 Å². The molecule has 0 atom stereocenters. The van der Waals surface area contributed by atoms with E-state index in [-0.39, 0.29) is 16.6 Å². The Bertz CT molecular complexity index is 618. The minimum absolute atomic E-state index is 0.0101. The quantitative estimate of drug-likeness (QED) is 0.856. The van der Waals surface area contributed by atoms with Crippen LogP contribution in [0.2, 0.25) is 0 Å². The van der Waals surface area contributed by atoms with E-state index in [1.807, 2.05) is 0 Å². The van der Waals surface area contributed by atoms with E-state index in [0.717, 1.165) is 31.9 Å². The Kier molecular flexibility index (Phi) is 3.25. The Morgan fingerprint density at radius 1 is 1.30 bits per heavy atom. The molecule has 2 aliphatic rings. The molecular weight excluding hydrogens is 280 g/mol. The Hall–Kier alpha value is -1.47. The monoisotopic (exact) mass is 296 g/mol. The van der Waals surface area contributed by atoms with E-state index in [2.05, 4.69) is 4.98 Å². The average Bonchev–Trinajstić information content (AvgIpc) is 3.27. The van der Waals surface area contributed by atoms with Crippen LogP contribution >= 0.6 is 0 Å². The zero-order valence-corrected chi connectivity index (χ0v) is 11.7. The summed E-state index contributed by atoms with van der Waals surface area (Å²) in [7, 11) is -3.61. The molecule has 0 radical (unpaired) electrons. The number of carbonyl (C=O) groups is 1. The Balaban J connectivity index is 1.86. The first-order valence-corrected chi connectivity index (χ1v) is 8.13. The summed E-state index contributed by atoms with van der Waals surface area (Å²) in [5, 5.41) is 8.75. The maximum atomic E-state index is 12.6. The van der Waals surface area contributed by atoms with E-state index < -0.39 is 16.0 Å². The van der Waals surface area contributed by atoms with Gasteiger partial charge in [0.05, 0.1) is 5.56 Å². The van der Waals surface area contributed by atoms with Crippen molar-refractivity contribution in [2.75, 3.05) is 6.54 Å². The summed E-state index contributed by atoms with van der Waals surface area (Å²) < 4.78 is 26.7. The zero-order chi connectivity index (χ0) is 14.3. The van der Waals surface area contributed by atoms with Gasteiger partial charge in [-0.2, -0.15) is 4.31 Å². The Morgan fingerprint density at radius 2 is 2.00 bits per heavy atom. The second-order valence-corrected chi connectivity index (χ2v) is 7.28. The lowest BCUT2D eigenvalue weighted by Crippen LogP contribution is -2.35. The Labute approximate surface area is 117 Å². The average molecular weight is 296 g/mol. The zero-order valence-electron chi connectivity index (χ0n) is 10.9. The number of carboxylic acids is 1. The fourth-order valence-corrected chi connectivity index (χ4v) is 3.82. The molecule has 0 aliphatic heterocycles. The molecule has 1 N–H and O–H groups in total. The van der Waals surface area contributed by atoms with Crippen LogP contribution in [-0.4, -0.2) is 41.4 Å². The van der Waals surface area contributed by atoms with Crippen LogP contribution < -0.4 is 0 Å². The van der Waals surface area contributed by atoms with E-state index in [1.165, 1.54) is 12.1 Å². The number of sulfonamides is 1. The van der Waals surface area contributed by atoms with Crippen molar-refractivity contribution < 1.29 is 18.3 Å². The van der Waals surface area contributed by atoms with Gasteiger partial charge in [0.15, 0.2) is 5.03 Å². The van der Waals surface area contributed by atoms with Crippen molar-refractivity contribution in [2.45, 2.75) is 36.8 Å². The van der Waals surface area contributed by atoms with Crippen molar-refractivity contribution in [1.82, 2.24) is 9.29 Å². The van der Waals surface area contributed by atoms with Crippen LogP contribution in [0.15, 0.2) is 23.4 Å². The number of pyridine rings is 1. The highest BCUT2D eigenvalue weighted by Gasteiger charge is 2.41. The maximum Gasteiger partial charge on any atom is 0.337 e. The second-order valence-electron chi connectivity index (χ2n) is 5.44. The van der Waals surface area contributed by atoms with Crippen molar-refractivity contribution in [2.24, 2.45) is 5.92 Å². The highest BCUT2D eigenvalue weighted by atomic mass is 32.2. The van der Waals surface area contributed by atoms with E-state index >= 15 is 0 Å². The van der Waals surface area contributed by atoms with Gasteiger partial charge in [-0.15, -0.1) is 0 Å². The van der Waals surface area contributed by atoms with E-state index in [0.29, 0.717) is 12.5 Å². The van der Waals surface area contributed by atoms with Crippen LogP contribution in [0.3, 0.4) is 0 Å². The maximum absolute atomic E-state index is 12.6. The molecule has 0 aromatic carbocycles. The summed E-state index contributed by atoms with van der Waals surface area (Å²) in [6.07, 6.45) is 5.07. The summed E-state index contributed by atoms with van der Waals surface area (Å²) in [6.45, 7) is 0.565. The van der Waals surface area contributed by atoms with Gasteiger partial charge in [0.25, 0.3) is 10.0 Å². The molecule has 3 rings (SSSR count). The second kappa shape index (κ2) is 4.82. The van der Waals surface area contributed by atoms with E-state index in [4.69, 9.17) is 5.11 Å². The van der Waals surface area contributed by atoms with Crippen LogP contribution in [0.25, 0.3) is 0 Å². The summed E-state index contributed by atoms with van der Waals surface area (Å²) in [4.78, 5) is 14.6. The molecule has 108 valence electrons. The highest BCUT2D eigenvalue weighted by molar-refractivity contribution is 7.89. The summed E-state index contributed by atoms with van der Waals surface area (Å²) in [6, 6.07) is 2.66. The smallest absolute Gasteiger partial charge is 0.337 e. The number of rotatable bonds is 6. The molecule has 0 unspecified atom stereocenters. The first kappa shape index (κ1) is 13.5. The number of carboxylic acid groups (broad SMARTS) is 1. The third-order valence-electron chi connectivity index (χ3n) is 3.65.